The Balaban J connectivity index is 1.36. The van der Waals surface area contributed by atoms with E-state index in [1.54, 1.807) is 36.0 Å². The van der Waals surface area contributed by atoms with Gasteiger partial charge in [-0.15, -0.1) is 0 Å². The molecule has 0 aliphatic carbocycles. The van der Waals surface area contributed by atoms with Gasteiger partial charge in [0, 0.05) is 33.8 Å². The van der Waals surface area contributed by atoms with Crippen LogP contribution in [-0.4, -0.2) is 31.7 Å². The predicted molar refractivity (Wildman–Crippen MR) is 134 cm³/mol. The van der Waals surface area contributed by atoms with Gasteiger partial charge < -0.3 is 5.32 Å². The Bertz CT molecular complexity index is 1210. The molecule has 1 aliphatic rings. The minimum absolute atomic E-state index is 0.0701. The van der Waals surface area contributed by atoms with Gasteiger partial charge in [0.2, 0.25) is 15.9 Å². The molecule has 0 spiro atoms. The molecule has 4 rings (SSSR count). The maximum absolute atomic E-state index is 13.0. The molecule has 3 aromatic carbocycles. The molecular weight excluding hydrogens is 476 g/mol. The highest BCUT2D eigenvalue weighted by molar-refractivity contribution is 7.99. The first-order valence-electron chi connectivity index (χ1n) is 10.8. The molecule has 1 heterocycles. The molecule has 5 nitrogen and oxygen atoms in total. The molecule has 0 atom stereocenters. The minimum Gasteiger partial charge on any atom is -0.325 e. The van der Waals surface area contributed by atoms with Gasteiger partial charge in [-0.25, -0.2) is 12.7 Å². The van der Waals surface area contributed by atoms with Gasteiger partial charge in [0.05, 0.1) is 11.4 Å². The van der Waals surface area contributed by atoms with E-state index in [1.165, 1.54) is 4.31 Å². The Kier molecular flexibility index (Phi) is 7.75. The fraction of sp³-hybridized carbons (Fsp3) is 0.240. The monoisotopic (exact) mass is 500 g/mol. The normalized spacial score (nSPS) is 15.3. The SMILES string of the molecule is O=C(Nc1ccccc1Sc1ccccc1)C1CCN(S(=O)(=O)Cc2ccccc2Cl)CC1. The third-order valence-electron chi connectivity index (χ3n) is 5.63. The third-order valence-corrected chi connectivity index (χ3v) is 8.91. The summed E-state index contributed by atoms with van der Waals surface area (Å²) in [6, 6.07) is 24.7. The predicted octanol–water partition coefficient (Wildman–Crippen LogP) is 5.67. The van der Waals surface area contributed by atoms with E-state index in [0.29, 0.717) is 36.5 Å². The number of nitrogens with zero attached hydrogens (tertiary/aromatic N) is 1. The Morgan fingerprint density at radius 3 is 2.30 bits per heavy atom. The van der Waals surface area contributed by atoms with Crippen LogP contribution < -0.4 is 5.32 Å². The fourth-order valence-corrected chi connectivity index (χ4v) is 6.61. The van der Waals surface area contributed by atoms with E-state index >= 15 is 0 Å². The number of rotatable bonds is 7. The number of para-hydroxylation sites is 1. The van der Waals surface area contributed by atoms with Crippen molar-refractivity contribution in [3.63, 3.8) is 0 Å². The molecule has 0 aromatic heterocycles. The summed E-state index contributed by atoms with van der Waals surface area (Å²) in [6.45, 7) is 0.649. The molecule has 0 radical (unpaired) electrons. The first-order valence-corrected chi connectivity index (χ1v) is 13.6. The standard InChI is InChI=1S/C25H25ClN2O3S2/c26-22-11-5-4-8-20(22)18-33(30,31)28-16-14-19(15-17-28)25(29)27-23-12-6-7-13-24(23)32-21-9-2-1-3-10-21/h1-13,19H,14-18H2,(H,27,29). The van der Waals surface area contributed by atoms with Crippen molar-refractivity contribution in [2.45, 2.75) is 28.4 Å². The molecule has 8 heteroatoms. The van der Waals surface area contributed by atoms with Crippen LogP contribution in [0.3, 0.4) is 0 Å². The summed E-state index contributed by atoms with van der Waals surface area (Å²) < 4.78 is 27.2. The Morgan fingerprint density at radius 2 is 1.58 bits per heavy atom. The van der Waals surface area contributed by atoms with Crippen LogP contribution >= 0.6 is 23.4 Å². The minimum atomic E-state index is -3.49. The smallest absolute Gasteiger partial charge is 0.227 e. The first kappa shape index (κ1) is 23.8. The van der Waals surface area contributed by atoms with E-state index in [4.69, 9.17) is 11.6 Å². The topological polar surface area (TPSA) is 66.5 Å². The zero-order valence-electron chi connectivity index (χ0n) is 18.0. The van der Waals surface area contributed by atoms with Crippen molar-refractivity contribution in [2.75, 3.05) is 18.4 Å². The molecule has 0 bridgehead atoms. The van der Waals surface area contributed by atoms with Crippen LogP contribution in [0, 0.1) is 5.92 Å². The number of carbonyl (C=O) groups excluding carboxylic acids is 1. The van der Waals surface area contributed by atoms with Gasteiger partial charge in [-0.2, -0.15) is 0 Å². The van der Waals surface area contributed by atoms with Gasteiger partial charge in [-0.05, 0) is 48.7 Å². The number of benzene rings is 3. The summed E-state index contributed by atoms with van der Waals surface area (Å²) in [5.74, 6) is -0.432. The van der Waals surface area contributed by atoms with Crippen LogP contribution in [0.25, 0.3) is 0 Å². The molecule has 1 saturated heterocycles. The highest BCUT2D eigenvalue weighted by Crippen LogP contribution is 2.34. The van der Waals surface area contributed by atoms with Crippen LogP contribution in [-0.2, 0) is 20.6 Å². The van der Waals surface area contributed by atoms with Crippen molar-refractivity contribution < 1.29 is 13.2 Å². The summed E-state index contributed by atoms with van der Waals surface area (Å²) in [5, 5.41) is 3.50. The maximum atomic E-state index is 13.0. The molecule has 0 saturated carbocycles. The second-order valence-electron chi connectivity index (χ2n) is 7.92. The second-order valence-corrected chi connectivity index (χ2v) is 11.4. The molecule has 3 aromatic rings. The molecule has 33 heavy (non-hydrogen) atoms. The number of piperidine rings is 1. The summed E-state index contributed by atoms with van der Waals surface area (Å²) in [5.41, 5.74) is 1.36. The van der Waals surface area contributed by atoms with Gasteiger partial charge in [0.1, 0.15) is 0 Å². The maximum Gasteiger partial charge on any atom is 0.227 e. The van der Waals surface area contributed by atoms with Crippen molar-refractivity contribution in [1.82, 2.24) is 4.31 Å². The molecule has 1 aliphatic heterocycles. The zero-order chi connectivity index (χ0) is 23.3. The summed E-state index contributed by atoms with van der Waals surface area (Å²) in [7, 11) is -3.49. The fourth-order valence-electron chi connectivity index (χ4n) is 3.81. The van der Waals surface area contributed by atoms with E-state index in [0.717, 1.165) is 15.5 Å². The molecule has 172 valence electrons. The Hall–Kier alpha value is -2.32. The molecular formula is C25H25ClN2O3S2. The van der Waals surface area contributed by atoms with Crippen molar-refractivity contribution in [2.24, 2.45) is 5.92 Å². The first-order chi connectivity index (χ1) is 15.9. The molecule has 1 fully saturated rings. The molecule has 0 unspecified atom stereocenters. The van der Waals surface area contributed by atoms with Crippen molar-refractivity contribution in [3.8, 4) is 0 Å². The molecule has 1 amide bonds. The number of anilines is 1. The number of halogens is 1. The number of carbonyl (C=O) groups is 1. The van der Waals surface area contributed by atoms with E-state index < -0.39 is 10.0 Å². The van der Waals surface area contributed by atoms with E-state index in [9.17, 15) is 13.2 Å². The van der Waals surface area contributed by atoms with Gasteiger partial charge in [-0.3, -0.25) is 4.79 Å². The van der Waals surface area contributed by atoms with Crippen molar-refractivity contribution in [1.29, 1.82) is 0 Å². The lowest BCUT2D eigenvalue weighted by atomic mass is 9.97. The summed E-state index contributed by atoms with van der Waals surface area (Å²) in [6.07, 6.45) is 0.975. The lowest BCUT2D eigenvalue weighted by molar-refractivity contribution is -0.120. The van der Waals surface area contributed by atoms with Gasteiger partial charge >= 0.3 is 0 Å². The van der Waals surface area contributed by atoms with E-state index in [1.807, 2.05) is 54.6 Å². The van der Waals surface area contributed by atoms with Crippen LogP contribution in [0.1, 0.15) is 18.4 Å². The van der Waals surface area contributed by atoms with Crippen molar-refractivity contribution >= 4 is 45.0 Å². The van der Waals surface area contributed by atoms with E-state index in [2.05, 4.69) is 5.32 Å². The number of nitrogens with one attached hydrogen (secondary N) is 1. The zero-order valence-corrected chi connectivity index (χ0v) is 20.4. The Morgan fingerprint density at radius 1 is 0.939 bits per heavy atom. The van der Waals surface area contributed by atoms with Gasteiger partial charge in [-0.1, -0.05) is 71.9 Å². The summed E-state index contributed by atoms with van der Waals surface area (Å²) in [4.78, 5) is 15.0. The number of hydrogen-bond acceptors (Lipinski definition) is 4. The largest absolute Gasteiger partial charge is 0.325 e. The van der Waals surface area contributed by atoms with Crippen LogP contribution in [0.15, 0.2) is 88.7 Å². The highest BCUT2D eigenvalue weighted by atomic mass is 35.5. The quantitative estimate of drug-likeness (QED) is 0.453. The number of hydrogen-bond donors (Lipinski definition) is 1. The molecule has 1 N–H and O–H groups in total. The van der Waals surface area contributed by atoms with E-state index in [-0.39, 0.29) is 17.6 Å². The number of sulfonamides is 1. The third kappa shape index (κ3) is 6.18. The van der Waals surface area contributed by atoms with Crippen molar-refractivity contribution in [3.05, 3.63) is 89.4 Å². The lowest BCUT2D eigenvalue weighted by Crippen LogP contribution is -2.41. The van der Waals surface area contributed by atoms with Gasteiger partial charge in [0.25, 0.3) is 0 Å². The highest BCUT2D eigenvalue weighted by Gasteiger charge is 2.31. The average molecular weight is 501 g/mol. The number of amides is 1. The van der Waals surface area contributed by atoms with Crippen LogP contribution in [0.5, 0.6) is 0 Å². The van der Waals surface area contributed by atoms with Crippen LogP contribution in [0.2, 0.25) is 5.02 Å². The Labute approximate surface area is 204 Å². The second kappa shape index (κ2) is 10.7. The average Bonchev–Trinajstić information content (AvgIpc) is 2.82. The summed E-state index contributed by atoms with van der Waals surface area (Å²) >= 11 is 7.73. The lowest BCUT2D eigenvalue weighted by Gasteiger charge is -2.30. The van der Waals surface area contributed by atoms with Gasteiger partial charge in [0.15, 0.2) is 0 Å². The van der Waals surface area contributed by atoms with Crippen LogP contribution in [0.4, 0.5) is 5.69 Å².